The summed E-state index contributed by atoms with van der Waals surface area (Å²) in [5, 5.41) is 2.02. The molecule has 0 aliphatic rings. The number of halogens is 1. The van der Waals surface area contributed by atoms with Gasteiger partial charge in [0.05, 0.1) is 0 Å². The number of hydrogen-bond acceptors (Lipinski definition) is 0. The molecule has 0 saturated carbocycles. The van der Waals surface area contributed by atoms with Crippen molar-refractivity contribution in [3.05, 3.63) is 35.0 Å². The van der Waals surface area contributed by atoms with Gasteiger partial charge >= 0.3 is 0 Å². The molecule has 0 N–H and O–H groups in total. The van der Waals surface area contributed by atoms with E-state index < -0.39 is 0 Å². The fourth-order valence-electron chi connectivity index (χ4n) is 1.85. The predicted molar refractivity (Wildman–Crippen MR) is 65.1 cm³/mol. The lowest BCUT2D eigenvalue weighted by molar-refractivity contribution is 0.943. The first-order valence-corrected chi connectivity index (χ1v) is 5.27. The third-order valence-corrected chi connectivity index (χ3v) is 2.81. The first-order chi connectivity index (χ1) is 7.22. The molecule has 0 saturated heterocycles. The number of rotatable bonds is 2. The van der Waals surface area contributed by atoms with Crippen molar-refractivity contribution in [1.29, 1.82) is 0 Å². The summed E-state index contributed by atoms with van der Waals surface area (Å²) in [7, 11) is 2.03. The molecule has 15 heavy (non-hydrogen) atoms. The van der Waals surface area contributed by atoms with Crippen molar-refractivity contribution in [2.75, 3.05) is 0 Å². The van der Waals surface area contributed by atoms with E-state index in [0.717, 1.165) is 23.4 Å². The van der Waals surface area contributed by atoms with Crippen LogP contribution >= 0.6 is 11.6 Å². The molecule has 0 amide bonds. The van der Waals surface area contributed by atoms with Crippen molar-refractivity contribution in [3.8, 4) is 12.3 Å². The van der Waals surface area contributed by atoms with Crippen LogP contribution in [0.5, 0.6) is 0 Å². The predicted octanol–water partition coefficient (Wildman–Crippen LogP) is 3.40. The fraction of sp³-hybridized carbons (Fsp3) is 0.231. The molecule has 2 rings (SSSR count). The summed E-state index contributed by atoms with van der Waals surface area (Å²) in [6.07, 6.45) is 9.10. The van der Waals surface area contributed by atoms with E-state index in [0.29, 0.717) is 0 Å². The fourth-order valence-corrected chi connectivity index (χ4v) is 2.01. The summed E-state index contributed by atoms with van der Waals surface area (Å²) < 4.78 is 2.09. The highest BCUT2D eigenvalue weighted by atomic mass is 35.5. The molecule has 0 spiro atoms. The second-order valence-corrected chi connectivity index (χ2v) is 4.07. The van der Waals surface area contributed by atoms with Crippen LogP contribution in [0.3, 0.4) is 0 Å². The molecule has 0 aliphatic carbocycles. The molecule has 1 nitrogen and oxygen atoms in total. The number of benzene rings is 1. The summed E-state index contributed by atoms with van der Waals surface area (Å²) in [6.45, 7) is 0. The number of nitrogens with zero attached hydrogens (tertiary/aromatic N) is 1. The van der Waals surface area contributed by atoms with Crippen LogP contribution < -0.4 is 0 Å². The molecule has 76 valence electrons. The Morgan fingerprint density at radius 1 is 1.47 bits per heavy atom. The van der Waals surface area contributed by atoms with Gasteiger partial charge in [0.15, 0.2) is 0 Å². The summed E-state index contributed by atoms with van der Waals surface area (Å²) in [5.41, 5.74) is 2.46. The van der Waals surface area contributed by atoms with Crippen molar-refractivity contribution in [3.63, 3.8) is 0 Å². The van der Waals surface area contributed by atoms with Gasteiger partial charge in [-0.1, -0.05) is 17.7 Å². The minimum atomic E-state index is 0.771. The Labute approximate surface area is 94.7 Å². The van der Waals surface area contributed by atoms with Crippen LogP contribution in [0.4, 0.5) is 0 Å². The standard InChI is InChI=1S/C13H12ClN/c1-3-4-5-10-9-15(2)13-8-11(14)6-7-12(10)13/h1,6-9H,4-5H2,2H3. The largest absolute Gasteiger partial charge is 0.350 e. The molecular formula is C13H12ClN. The zero-order valence-corrected chi connectivity index (χ0v) is 9.38. The first kappa shape index (κ1) is 10.1. The van der Waals surface area contributed by atoms with Crippen LogP contribution in [0, 0.1) is 12.3 Å². The Balaban J connectivity index is 2.54. The number of hydrogen-bond donors (Lipinski definition) is 0. The summed E-state index contributed by atoms with van der Waals surface area (Å²) in [6, 6.07) is 5.96. The average molecular weight is 218 g/mol. The molecule has 2 heteroatoms. The molecule has 0 unspecified atom stereocenters. The Bertz CT molecular complexity index is 531. The third kappa shape index (κ3) is 1.86. The van der Waals surface area contributed by atoms with Gasteiger partial charge in [-0.3, -0.25) is 0 Å². The molecule has 1 aromatic heterocycles. The molecule has 1 heterocycles. The molecule has 0 atom stereocenters. The number of fused-ring (bicyclic) bond motifs is 1. The second-order valence-electron chi connectivity index (χ2n) is 3.63. The summed E-state index contributed by atoms with van der Waals surface area (Å²) in [5.74, 6) is 2.67. The smallest absolute Gasteiger partial charge is 0.0495 e. The maximum Gasteiger partial charge on any atom is 0.0495 e. The van der Waals surface area contributed by atoms with E-state index >= 15 is 0 Å². The zero-order valence-electron chi connectivity index (χ0n) is 8.63. The minimum absolute atomic E-state index is 0.771. The van der Waals surface area contributed by atoms with Crippen molar-refractivity contribution in [2.24, 2.45) is 7.05 Å². The molecule has 2 aromatic rings. The Morgan fingerprint density at radius 2 is 2.27 bits per heavy atom. The summed E-state index contributed by atoms with van der Waals surface area (Å²) in [4.78, 5) is 0. The topological polar surface area (TPSA) is 4.93 Å². The van der Waals surface area contributed by atoms with Gasteiger partial charge in [-0.15, -0.1) is 12.3 Å². The first-order valence-electron chi connectivity index (χ1n) is 4.89. The van der Waals surface area contributed by atoms with Crippen LogP contribution in [0.2, 0.25) is 5.02 Å². The van der Waals surface area contributed by atoms with Gasteiger partial charge in [-0.25, -0.2) is 0 Å². The van der Waals surface area contributed by atoms with Gasteiger partial charge < -0.3 is 4.57 Å². The van der Waals surface area contributed by atoms with E-state index in [9.17, 15) is 0 Å². The van der Waals surface area contributed by atoms with E-state index in [1.165, 1.54) is 10.9 Å². The number of terminal acetylenes is 1. The molecule has 0 bridgehead atoms. The van der Waals surface area contributed by atoms with Gasteiger partial charge in [0, 0.05) is 35.6 Å². The third-order valence-electron chi connectivity index (χ3n) is 2.57. The van der Waals surface area contributed by atoms with E-state index in [2.05, 4.69) is 22.8 Å². The maximum atomic E-state index is 5.96. The lowest BCUT2D eigenvalue weighted by Gasteiger charge is -1.96. The second kappa shape index (κ2) is 4.00. The minimum Gasteiger partial charge on any atom is -0.350 e. The number of aromatic nitrogens is 1. The quantitative estimate of drug-likeness (QED) is 0.680. The van der Waals surface area contributed by atoms with E-state index in [-0.39, 0.29) is 0 Å². The normalized spacial score (nSPS) is 10.5. The van der Waals surface area contributed by atoms with Crippen molar-refractivity contribution in [2.45, 2.75) is 12.8 Å². The Hall–Kier alpha value is -1.39. The zero-order chi connectivity index (χ0) is 10.8. The molecule has 0 radical (unpaired) electrons. The molecule has 0 aliphatic heterocycles. The molecular weight excluding hydrogens is 206 g/mol. The van der Waals surface area contributed by atoms with E-state index in [1.54, 1.807) is 0 Å². The Morgan fingerprint density at radius 3 is 3.00 bits per heavy atom. The van der Waals surface area contributed by atoms with Gasteiger partial charge in [0.25, 0.3) is 0 Å². The van der Waals surface area contributed by atoms with Gasteiger partial charge in [0.1, 0.15) is 0 Å². The van der Waals surface area contributed by atoms with Crippen molar-refractivity contribution < 1.29 is 0 Å². The van der Waals surface area contributed by atoms with Gasteiger partial charge in [0.2, 0.25) is 0 Å². The van der Waals surface area contributed by atoms with Crippen LogP contribution in [-0.2, 0) is 13.5 Å². The highest BCUT2D eigenvalue weighted by Gasteiger charge is 2.05. The van der Waals surface area contributed by atoms with E-state index in [1.807, 2.05) is 19.2 Å². The monoisotopic (exact) mass is 217 g/mol. The van der Waals surface area contributed by atoms with Crippen LogP contribution in [0.25, 0.3) is 10.9 Å². The maximum absolute atomic E-state index is 5.96. The van der Waals surface area contributed by atoms with Crippen molar-refractivity contribution in [1.82, 2.24) is 4.57 Å². The Kier molecular flexibility index (Phi) is 2.70. The van der Waals surface area contributed by atoms with Gasteiger partial charge in [-0.2, -0.15) is 0 Å². The van der Waals surface area contributed by atoms with Crippen LogP contribution in [0.1, 0.15) is 12.0 Å². The van der Waals surface area contributed by atoms with Crippen LogP contribution in [-0.4, -0.2) is 4.57 Å². The lowest BCUT2D eigenvalue weighted by atomic mass is 10.1. The summed E-state index contributed by atoms with van der Waals surface area (Å²) >= 11 is 5.96. The molecule has 1 aromatic carbocycles. The van der Waals surface area contributed by atoms with Crippen molar-refractivity contribution >= 4 is 22.5 Å². The van der Waals surface area contributed by atoms with E-state index in [4.69, 9.17) is 18.0 Å². The number of aryl methyl sites for hydroxylation is 2. The SMILES string of the molecule is C#CCCc1cn(C)c2cc(Cl)ccc12. The van der Waals surface area contributed by atoms with Crippen LogP contribution in [0.15, 0.2) is 24.4 Å². The average Bonchev–Trinajstić information content (AvgIpc) is 2.53. The highest BCUT2D eigenvalue weighted by Crippen LogP contribution is 2.24. The lowest BCUT2D eigenvalue weighted by Crippen LogP contribution is -1.83. The highest BCUT2D eigenvalue weighted by molar-refractivity contribution is 6.31. The van der Waals surface area contributed by atoms with Gasteiger partial charge in [-0.05, 0) is 24.1 Å². The molecule has 0 fully saturated rings.